The lowest BCUT2D eigenvalue weighted by molar-refractivity contribution is 0.123. The zero-order valence-corrected chi connectivity index (χ0v) is 16.7. The van der Waals surface area contributed by atoms with Crippen LogP contribution in [0.2, 0.25) is 10.0 Å². The van der Waals surface area contributed by atoms with Crippen LogP contribution in [0.1, 0.15) is 5.56 Å². The molecule has 1 fully saturated rings. The molecule has 136 valence electrons. The number of morpholine rings is 1. The van der Waals surface area contributed by atoms with E-state index >= 15 is 0 Å². The number of fused-ring (bicyclic) bond motifs is 1. The fourth-order valence-electron chi connectivity index (χ4n) is 3.38. The summed E-state index contributed by atoms with van der Waals surface area (Å²) in [5.41, 5.74) is 2.40. The third-order valence-electron chi connectivity index (χ3n) is 4.69. The molecular formula is C20H20Cl2N2OS. The quantitative estimate of drug-likeness (QED) is 0.724. The summed E-state index contributed by atoms with van der Waals surface area (Å²) in [6.45, 7) is 8.99. The number of nitrogens with zero attached hydrogens (tertiary/aromatic N) is 2. The molecule has 0 atom stereocenters. The molecule has 1 saturated heterocycles. The molecule has 6 heteroatoms. The maximum atomic E-state index is 6.28. The normalized spacial score (nSPS) is 17.1. The highest BCUT2D eigenvalue weighted by Gasteiger charge is 2.18. The molecule has 0 amide bonds. The first kappa shape index (κ1) is 17.9. The van der Waals surface area contributed by atoms with Gasteiger partial charge in [-0.2, -0.15) is 0 Å². The van der Waals surface area contributed by atoms with Crippen LogP contribution in [0.15, 0.2) is 36.9 Å². The van der Waals surface area contributed by atoms with Crippen molar-refractivity contribution >= 4 is 51.3 Å². The average Bonchev–Trinajstić information content (AvgIpc) is 3.08. The number of halogens is 2. The summed E-state index contributed by atoms with van der Waals surface area (Å²) in [6, 6.07) is 8.20. The van der Waals surface area contributed by atoms with Crippen LogP contribution in [0.3, 0.4) is 0 Å². The van der Waals surface area contributed by atoms with E-state index in [1.165, 1.54) is 20.3 Å². The van der Waals surface area contributed by atoms with Crippen molar-refractivity contribution in [3.63, 3.8) is 0 Å². The molecule has 0 unspecified atom stereocenters. The van der Waals surface area contributed by atoms with Gasteiger partial charge in [-0.05, 0) is 29.3 Å². The highest BCUT2D eigenvalue weighted by Crippen LogP contribution is 2.27. The third-order valence-corrected chi connectivity index (χ3v) is 6.56. The van der Waals surface area contributed by atoms with Crippen LogP contribution in [0.5, 0.6) is 0 Å². The van der Waals surface area contributed by atoms with Gasteiger partial charge in [0.25, 0.3) is 0 Å². The van der Waals surface area contributed by atoms with E-state index in [2.05, 4.69) is 34.7 Å². The Labute approximate surface area is 167 Å². The van der Waals surface area contributed by atoms with E-state index in [-0.39, 0.29) is 0 Å². The van der Waals surface area contributed by atoms with Gasteiger partial charge in [-0.3, -0.25) is 0 Å². The van der Waals surface area contributed by atoms with E-state index in [0.717, 1.165) is 45.0 Å². The summed E-state index contributed by atoms with van der Waals surface area (Å²) >= 11 is 14.2. The van der Waals surface area contributed by atoms with Crippen LogP contribution in [0.4, 0.5) is 5.00 Å². The minimum Gasteiger partial charge on any atom is -0.378 e. The van der Waals surface area contributed by atoms with Gasteiger partial charge < -0.3 is 14.5 Å². The Morgan fingerprint density at radius 3 is 2.69 bits per heavy atom. The molecule has 0 saturated carbocycles. The number of benzene rings is 1. The molecule has 4 rings (SSSR count). The molecule has 2 aromatic rings. The SMILES string of the molecule is C=CCN1C=c2sc(N3CCOCC3)cc2=C(c2ccc(Cl)c(Cl)c2)C1. The smallest absolute Gasteiger partial charge is 0.0923 e. The molecule has 0 N–H and O–H groups in total. The van der Waals surface area contributed by atoms with Crippen LogP contribution in [0, 0.1) is 0 Å². The summed E-state index contributed by atoms with van der Waals surface area (Å²) in [6.07, 6.45) is 4.18. The topological polar surface area (TPSA) is 15.7 Å². The number of ether oxygens (including phenoxy) is 1. The first-order chi connectivity index (χ1) is 12.7. The van der Waals surface area contributed by atoms with Crippen LogP contribution in [-0.4, -0.2) is 44.3 Å². The van der Waals surface area contributed by atoms with Gasteiger partial charge in [0.1, 0.15) is 0 Å². The Kier molecular flexibility index (Phi) is 5.28. The Hall–Kier alpha value is -1.46. The van der Waals surface area contributed by atoms with Gasteiger partial charge in [-0.1, -0.05) is 35.3 Å². The van der Waals surface area contributed by atoms with Gasteiger partial charge in [0.05, 0.1) is 32.8 Å². The molecule has 0 radical (unpaired) electrons. The molecule has 2 aliphatic rings. The third kappa shape index (κ3) is 3.52. The second kappa shape index (κ2) is 7.65. The molecular weight excluding hydrogens is 387 g/mol. The maximum absolute atomic E-state index is 6.28. The minimum absolute atomic E-state index is 0.584. The van der Waals surface area contributed by atoms with Gasteiger partial charge in [-0.25, -0.2) is 0 Å². The van der Waals surface area contributed by atoms with E-state index in [1.54, 1.807) is 0 Å². The first-order valence-electron chi connectivity index (χ1n) is 8.63. The van der Waals surface area contributed by atoms with Gasteiger partial charge in [0.2, 0.25) is 0 Å². The van der Waals surface area contributed by atoms with E-state index in [1.807, 2.05) is 29.5 Å². The first-order valence-corrected chi connectivity index (χ1v) is 10.2. The average molecular weight is 407 g/mol. The summed E-state index contributed by atoms with van der Waals surface area (Å²) < 4.78 is 6.77. The van der Waals surface area contributed by atoms with Crippen molar-refractivity contribution < 1.29 is 4.74 Å². The number of anilines is 1. The predicted octanol–water partition coefficient (Wildman–Crippen LogP) is 3.33. The predicted molar refractivity (Wildman–Crippen MR) is 112 cm³/mol. The lowest BCUT2D eigenvalue weighted by Crippen LogP contribution is -2.36. The Balaban J connectivity index is 1.84. The van der Waals surface area contributed by atoms with Gasteiger partial charge in [0, 0.05) is 37.6 Å². The zero-order valence-electron chi connectivity index (χ0n) is 14.4. The summed E-state index contributed by atoms with van der Waals surface area (Å²) in [7, 11) is 0. The van der Waals surface area contributed by atoms with E-state index < -0.39 is 0 Å². The highest BCUT2D eigenvalue weighted by molar-refractivity contribution is 7.14. The molecule has 1 aromatic heterocycles. The van der Waals surface area contributed by atoms with E-state index in [9.17, 15) is 0 Å². The van der Waals surface area contributed by atoms with Crippen LogP contribution < -0.4 is 14.7 Å². The molecule has 3 nitrogen and oxygen atoms in total. The summed E-state index contributed by atoms with van der Waals surface area (Å²) in [4.78, 5) is 4.69. The lowest BCUT2D eigenvalue weighted by Gasteiger charge is -2.27. The monoisotopic (exact) mass is 406 g/mol. The number of hydrogen-bond donors (Lipinski definition) is 0. The molecule has 0 spiro atoms. The molecule has 0 bridgehead atoms. The van der Waals surface area contributed by atoms with Crippen molar-refractivity contribution in [1.82, 2.24) is 4.90 Å². The van der Waals surface area contributed by atoms with Gasteiger partial charge >= 0.3 is 0 Å². The lowest BCUT2D eigenvalue weighted by atomic mass is 10.0. The standard InChI is InChI=1S/C20H20Cl2N2OS/c1-2-5-23-12-16(14-3-4-17(21)18(22)10-14)15-11-20(26-19(15)13-23)24-6-8-25-9-7-24/h2-4,10-11,13H,1,5-9,12H2. The largest absolute Gasteiger partial charge is 0.378 e. The second-order valence-electron chi connectivity index (χ2n) is 6.42. The van der Waals surface area contributed by atoms with Gasteiger partial charge in [0.15, 0.2) is 0 Å². The molecule has 3 heterocycles. The second-order valence-corrected chi connectivity index (χ2v) is 8.29. The number of hydrogen-bond acceptors (Lipinski definition) is 4. The Morgan fingerprint density at radius 1 is 1.15 bits per heavy atom. The summed E-state index contributed by atoms with van der Waals surface area (Å²) in [5.74, 6) is 0. The summed E-state index contributed by atoms with van der Waals surface area (Å²) in [5, 5.41) is 3.76. The van der Waals surface area contributed by atoms with E-state index in [4.69, 9.17) is 27.9 Å². The van der Waals surface area contributed by atoms with Crippen molar-refractivity contribution in [3.05, 3.63) is 62.3 Å². The fourth-order valence-corrected chi connectivity index (χ4v) is 4.88. The van der Waals surface area contributed by atoms with Crippen molar-refractivity contribution in [3.8, 4) is 0 Å². The fraction of sp³-hybridized carbons (Fsp3) is 0.300. The molecule has 1 aromatic carbocycles. The van der Waals surface area contributed by atoms with Crippen molar-refractivity contribution in [2.75, 3.05) is 44.3 Å². The van der Waals surface area contributed by atoms with Crippen LogP contribution in [-0.2, 0) is 4.74 Å². The molecule has 2 aliphatic heterocycles. The maximum Gasteiger partial charge on any atom is 0.0923 e. The number of thiophene rings is 1. The van der Waals surface area contributed by atoms with Crippen LogP contribution >= 0.6 is 34.5 Å². The Bertz CT molecular complexity index is 947. The van der Waals surface area contributed by atoms with Crippen molar-refractivity contribution in [2.24, 2.45) is 0 Å². The van der Waals surface area contributed by atoms with Crippen molar-refractivity contribution in [2.45, 2.75) is 0 Å². The van der Waals surface area contributed by atoms with Crippen molar-refractivity contribution in [1.29, 1.82) is 0 Å². The number of rotatable bonds is 4. The van der Waals surface area contributed by atoms with Crippen LogP contribution in [0.25, 0.3) is 11.8 Å². The van der Waals surface area contributed by atoms with Gasteiger partial charge in [-0.15, -0.1) is 17.9 Å². The molecule has 0 aliphatic carbocycles. The minimum atomic E-state index is 0.584. The zero-order chi connectivity index (χ0) is 18.1. The molecule has 26 heavy (non-hydrogen) atoms. The highest BCUT2D eigenvalue weighted by atomic mass is 35.5. The Morgan fingerprint density at radius 2 is 1.96 bits per heavy atom. The van der Waals surface area contributed by atoms with E-state index in [0.29, 0.717) is 10.0 Å².